The van der Waals surface area contributed by atoms with E-state index in [1.54, 1.807) is 31.5 Å². The maximum atomic E-state index is 12.6. The zero-order valence-corrected chi connectivity index (χ0v) is 14.7. The Hall–Kier alpha value is -2.88. The number of pyridine rings is 1. The van der Waals surface area contributed by atoms with Crippen LogP contribution in [0.4, 0.5) is 18.9 Å². The van der Waals surface area contributed by atoms with Crippen molar-refractivity contribution in [3.63, 3.8) is 0 Å². The fourth-order valence-corrected chi connectivity index (χ4v) is 2.74. The van der Waals surface area contributed by atoms with Crippen LogP contribution in [0.1, 0.15) is 12.5 Å². The van der Waals surface area contributed by atoms with Crippen LogP contribution in [0.2, 0.25) is 0 Å². The molecule has 0 saturated carbocycles. The summed E-state index contributed by atoms with van der Waals surface area (Å²) in [5.41, 5.74) is 0.187. The standard InChI is InChI=1S/C17H13F3N4O2S/c1-10(14(25)22-13-4-2-12(3-5-13)17(18,19)20)27-16-24-23-15(26-16)11-6-8-21-9-7-11/h2-10H,1H3,(H,22,25). The van der Waals surface area contributed by atoms with Crippen molar-refractivity contribution in [1.82, 2.24) is 15.2 Å². The molecule has 0 aliphatic rings. The number of amides is 1. The van der Waals surface area contributed by atoms with E-state index in [2.05, 4.69) is 20.5 Å². The molecule has 1 N–H and O–H groups in total. The topological polar surface area (TPSA) is 80.9 Å². The van der Waals surface area contributed by atoms with Crippen LogP contribution in [0.3, 0.4) is 0 Å². The molecule has 0 spiro atoms. The van der Waals surface area contributed by atoms with Crippen LogP contribution >= 0.6 is 11.8 Å². The first-order chi connectivity index (χ1) is 12.8. The highest BCUT2D eigenvalue weighted by Gasteiger charge is 2.30. The summed E-state index contributed by atoms with van der Waals surface area (Å²) in [4.78, 5) is 16.1. The molecular weight excluding hydrogens is 381 g/mol. The van der Waals surface area contributed by atoms with Crippen LogP contribution < -0.4 is 5.32 Å². The quantitative estimate of drug-likeness (QED) is 0.651. The summed E-state index contributed by atoms with van der Waals surface area (Å²) in [7, 11) is 0. The summed E-state index contributed by atoms with van der Waals surface area (Å²) >= 11 is 1.05. The highest BCUT2D eigenvalue weighted by atomic mass is 32.2. The Morgan fingerprint density at radius 2 is 1.78 bits per heavy atom. The zero-order valence-electron chi connectivity index (χ0n) is 13.9. The Kier molecular flexibility index (Phi) is 5.45. The lowest BCUT2D eigenvalue weighted by Gasteiger charge is -2.11. The molecular formula is C17H13F3N4O2S. The number of thioether (sulfide) groups is 1. The first kappa shape index (κ1) is 18.9. The van der Waals surface area contributed by atoms with Crippen molar-refractivity contribution < 1.29 is 22.4 Å². The number of carbonyl (C=O) groups excluding carboxylic acids is 1. The Balaban J connectivity index is 1.60. The molecule has 1 aromatic carbocycles. The lowest BCUT2D eigenvalue weighted by atomic mass is 10.2. The lowest BCUT2D eigenvalue weighted by molar-refractivity contribution is -0.137. The van der Waals surface area contributed by atoms with Gasteiger partial charge in [-0.15, -0.1) is 10.2 Å². The van der Waals surface area contributed by atoms with Crippen LogP contribution in [-0.2, 0) is 11.0 Å². The fraction of sp³-hybridized carbons (Fsp3) is 0.176. The summed E-state index contributed by atoms with van der Waals surface area (Å²) in [6.45, 7) is 1.63. The lowest BCUT2D eigenvalue weighted by Crippen LogP contribution is -2.22. The second-order valence-corrected chi connectivity index (χ2v) is 6.73. The number of hydrogen-bond acceptors (Lipinski definition) is 6. The van der Waals surface area contributed by atoms with E-state index in [4.69, 9.17) is 4.42 Å². The molecule has 3 aromatic rings. The van der Waals surface area contributed by atoms with Gasteiger partial charge in [0.2, 0.25) is 11.8 Å². The minimum atomic E-state index is -4.42. The maximum absolute atomic E-state index is 12.6. The summed E-state index contributed by atoms with van der Waals surface area (Å²) in [5, 5.41) is 9.95. The number of benzene rings is 1. The molecule has 0 fully saturated rings. The van der Waals surface area contributed by atoms with Gasteiger partial charge < -0.3 is 9.73 Å². The number of carbonyl (C=O) groups is 1. The molecule has 2 aromatic heterocycles. The molecule has 0 aliphatic carbocycles. The average Bonchev–Trinajstić information content (AvgIpc) is 3.10. The molecule has 1 unspecified atom stereocenters. The number of rotatable bonds is 5. The average molecular weight is 394 g/mol. The maximum Gasteiger partial charge on any atom is 0.416 e. The van der Waals surface area contributed by atoms with Gasteiger partial charge in [-0.05, 0) is 43.3 Å². The normalized spacial score (nSPS) is 12.6. The Labute approximate surface area is 156 Å². The van der Waals surface area contributed by atoms with Gasteiger partial charge in [-0.25, -0.2) is 0 Å². The number of alkyl halides is 3. The molecule has 1 atom stereocenters. The van der Waals surface area contributed by atoms with Gasteiger partial charge in [-0.2, -0.15) is 13.2 Å². The molecule has 0 saturated heterocycles. The van der Waals surface area contributed by atoms with Crippen molar-refractivity contribution in [1.29, 1.82) is 0 Å². The van der Waals surface area contributed by atoms with E-state index in [-0.39, 0.29) is 10.9 Å². The third kappa shape index (κ3) is 4.85. The highest BCUT2D eigenvalue weighted by Crippen LogP contribution is 2.30. The molecule has 0 bridgehead atoms. The van der Waals surface area contributed by atoms with E-state index in [9.17, 15) is 18.0 Å². The van der Waals surface area contributed by atoms with Gasteiger partial charge in [0, 0.05) is 23.6 Å². The summed E-state index contributed by atoms with van der Waals surface area (Å²) in [6, 6.07) is 7.64. The van der Waals surface area contributed by atoms with Gasteiger partial charge in [-0.3, -0.25) is 9.78 Å². The van der Waals surface area contributed by atoms with Crippen molar-refractivity contribution >= 4 is 23.4 Å². The van der Waals surface area contributed by atoms with Gasteiger partial charge >= 0.3 is 6.18 Å². The SMILES string of the molecule is CC(Sc1nnc(-c2ccncc2)o1)C(=O)Nc1ccc(C(F)(F)F)cc1. The zero-order chi connectivity index (χ0) is 19.4. The largest absolute Gasteiger partial charge is 0.416 e. The molecule has 140 valence electrons. The summed E-state index contributed by atoms with van der Waals surface area (Å²) in [5.74, 6) is -0.0985. The van der Waals surface area contributed by atoms with Crippen molar-refractivity contribution in [2.45, 2.75) is 23.6 Å². The number of halogens is 3. The van der Waals surface area contributed by atoms with E-state index in [0.717, 1.165) is 23.9 Å². The van der Waals surface area contributed by atoms with Crippen molar-refractivity contribution in [2.24, 2.45) is 0 Å². The molecule has 0 radical (unpaired) electrons. The Morgan fingerprint density at radius 1 is 1.11 bits per heavy atom. The minimum absolute atomic E-state index is 0.205. The van der Waals surface area contributed by atoms with Crippen molar-refractivity contribution in [3.8, 4) is 11.5 Å². The predicted molar refractivity (Wildman–Crippen MR) is 92.9 cm³/mol. The summed E-state index contributed by atoms with van der Waals surface area (Å²) < 4.78 is 43.2. The van der Waals surface area contributed by atoms with E-state index >= 15 is 0 Å². The molecule has 1 amide bonds. The molecule has 10 heteroatoms. The van der Waals surface area contributed by atoms with Gasteiger partial charge in [-0.1, -0.05) is 11.8 Å². The van der Waals surface area contributed by atoms with E-state index in [1.807, 2.05) is 0 Å². The van der Waals surface area contributed by atoms with Crippen LogP contribution in [0, 0.1) is 0 Å². The first-order valence-electron chi connectivity index (χ1n) is 7.71. The molecule has 2 heterocycles. The van der Waals surface area contributed by atoms with Crippen LogP contribution in [-0.4, -0.2) is 26.3 Å². The van der Waals surface area contributed by atoms with E-state index in [0.29, 0.717) is 11.5 Å². The molecule has 0 aliphatic heterocycles. The van der Waals surface area contributed by atoms with Gasteiger partial charge in [0.25, 0.3) is 5.22 Å². The molecule has 27 heavy (non-hydrogen) atoms. The monoisotopic (exact) mass is 394 g/mol. The number of nitrogens with zero attached hydrogens (tertiary/aromatic N) is 3. The first-order valence-corrected chi connectivity index (χ1v) is 8.59. The Morgan fingerprint density at radius 3 is 2.41 bits per heavy atom. The van der Waals surface area contributed by atoms with E-state index in [1.165, 1.54) is 12.1 Å². The van der Waals surface area contributed by atoms with Gasteiger partial charge in [0.05, 0.1) is 10.8 Å². The third-order valence-corrected chi connectivity index (χ3v) is 4.39. The second-order valence-electron chi connectivity index (χ2n) is 5.43. The van der Waals surface area contributed by atoms with E-state index < -0.39 is 22.9 Å². The molecule has 3 rings (SSSR count). The number of anilines is 1. The number of nitrogens with one attached hydrogen (secondary N) is 1. The highest BCUT2D eigenvalue weighted by molar-refractivity contribution is 8.00. The van der Waals surface area contributed by atoms with Crippen molar-refractivity contribution in [3.05, 3.63) is 54.4 Å². The Bertz CT molecular complexity index is 914. The van der Waals surface area contributed by atoms with Crippen molar-refractivity contribution in [2.75, 3.05) is 5.32 Å². The van der Waals surface area contributed by atoms with Crippen LogP contribution in [0.25, 0.3) is 11.5 Å². The fourth-order valence-electron chi connectivity index (χ4n) is 2.06. The second kappa shape index (κ2) is 7.78. The summed E-state index contributed by atoms with van der Waals surface area (Å²) in [6.07, 6.45) is -1.24. The predicted octanol–water partition coefficient (Wildman–Crippen LogP) is 4.27. The molecule has 6 nitrogen and oxygen atoms in total. The third-order valence-electron chi connectivity index (χ3n) is 3.46. The van der Waals surface area contributed by atoms with Gasteiger partial charge in [0.1, 0.15) is 0 Å². The van der Waals surface area contributed by atoms with Crippen LogP contribution in [0.15, 0.2) is 58.4 Å². The number of hydrogen-bond donors (Lipinski definition) is 1. The van der Waals surface area contributed by atoms with Crippen LogP contribution in [0.5, 0.6) is 0 Å². The van der Waals surface area contributed by atoms with Gasteiger partial charge in [0.15, 0.2) is 0 Å². The number of aromatic nitrogens is 3. The minimum Gasteiger partial charge on any atom is -0.411 e. The smallest absolute Gasteiger partial charge is 0.411 e.